The summed E-state index contributed by atoms with van der Waals surface area (Å²) >= 11 is 0. The van der Waals surface area contributed by atoms with Crippen molar-refractivity contribution < 1.29 is 0 Å². The van der Waals surface area contributed by atoms with Crippen molar-refractivity contribution in [2.24, 2.45) is 21.7 Å². The molecule has 0 heterocycles. The minimum Gasteiger partial charge on any atom is -0.402 e. The van der Waals surface area contributed by atoms with Gasteiger partial charge in [-0.3, -0.25) is 10.4 Å². The summed E-state index contributed by atoms with van der Waals surface area (Å²) in [4.78, 5) is 4.43. The Morgan fingerprint density at radius 2 is 2.18 bits per heavy atom. The highest BCUT2D eigenvalue weighted by atomic mass is 15.3. The van der Waals surface area contributed by atoms with Gasteiger partial charge in [-0.1, -0.05) is 12.5 Å². The first kappa shape index (κ1) is 13.5. The highest BCUT2D eigenvalue weighted by Gasteiger charge is 2.20. The van der Waals surface area contributed by atoms with Crippen molar-refractivity contribution in [3.05, 3.63) is 23.5 Å². The van der Waals surface area contributed by atoms with Crippen molar-refractivity contribution in [3.8, 4) is 0 Å². The van der Waals surface area contributed by atoms with Gasteiger partial charge in [-0.15, -0.1) is 0 Å². The number of hydrazone groups is 1. The summed E-state index contributed by atoms with van der Waals surface area (Å²) < 4.78 is 0. The van der Waals surface area contributed by atoms with Crippen molar-refractivity contribution in [3.63, 3.8) is 0 Å². The van der Waals surface area contributed by atoms with Crippen LogP contribution in [0.4, 0.5) is 0 Å². The Balaban J connectivity index is 2.46. The molecule has 0 aliphatic heterocycles. The summed E-state index contributed by atoms with van der Waals surface area (Å²) in [7, 11) is 0. The van der Waals surface area contributed by atoms with Crippen LogP contribution in [0.5, 0.6) is 0 Å². The molecule has 0 radical (unpaired) electrons. The minimum absolute atomic E-state index is 0.199. The van der Waals surface area contributed by atoms with E-state index in [-0.39, 0.29) is 6.04 Å². The lowest BCUT2D eigenvalue weighted by Crippen LogP contribution is -2.23. The molecule has 0 bridgehead atoms. The van der Waals surface area contributed by atoms with Gasteiger partial charge in [0, 0.05) is 30.7 Å². The third-order valence-electron chi connectivity index (χ3n) is 3.25. The molecule has 17 heavy (non-hydrogen) atoms. The normalized spacial score (nSPS) is 19.1. The molecule has 0 aromatic rings. The largest absolute Gasteiger partial charge is 0.402 e. The van der Waals surface area contributed by atoms with Gasteiger partial charge in [-0.25, -0.2) is 0 Å². The van der Waals surface area contributed by atoms with E-state index in [1.807, 2.05) is 0 Å². The second kappa shape index (κ2) is 6.89. The van der Waals surface area contributed by atoms with Crippen molar-refractivity contribution in [1.29, 1.82) is 0 Å². The third kappa shape index (κ3) is 4.06. The van der Waals surface area contributed by atoms with Crippen molar-refractivity contribution in [2.45, 2.75) is 39.2 Å². The van der Waals surface area contributed by atoms with E-state index in [4.69, 9.17) is 5.73 Å². The molecule has 3 N–H and O–H groups in total. The van der Waals surface area contributed by atoms with E-state index in [1.165, 1.54) is 24.8 Å². The van der Waals surface area contributed by atoms with Gasteiger partial charge in [0.05, 0.1) is 6.04 Å². The zero-order valence-corrected chi connectivity index (χ0v) is 10.7. The molecule has 1 saturated carbocycles. The van der Waals surface area contributed by atoms with Gasteiger partial charge < -0.3 is 5.73 Å². The molecule has 4 nitrogen and oxygen atoms in total. The van der Waals surface area contributed by atoms with Crippen LogP contribution in [-0.4, -0.2) is 19.0 Å². The van der Waals surface area contributed by atoms with Crippen LogP contribution in [0.15, 0.2) is 33.6 Å². The second-order valence-electron chi connectivity index (χ2n) is 4.39. The maximum atomic E-state index is 6.13. The molecule has 2 atom stereocenters. The van der Waals surface area contributed by atoms with Crippen molar-refractivity contribution in [1.82, 2.24) is 5.43 Å². The molecule has 4 heteroatoms. The number of hydrogen-bond acceptors (Lipinski definition) is 4. The summed E-state index contributed by atoms with van der Waals surface area (Å²) in [6.07, 6.45) is 8.86. The van der Waals surface area contributed by atoms with Crippen LogP contribution < -0.4 is 11.2 Å². The molecule has 2 unspecified atom stereocenters. The molecule has 1 fully saturated rings. The number of allylic oxidation sites excluding steroid dienone is 2. The molecule has 1 rings (SSSR count). The fourth-order valence-corrected chi connectivity index (χ4v) is 1.68. The zero-order chi connectivity index (χ0) is 12.7. The standard InChI is InChI=1S/C13H22N4/c1-10(13(14)12-6-4-7-12)11(2)16-8-5-9-17-15-3/h5,8-11,17H,3-4,6-7,14H2,1-2H3/b9-5-,16-8?. The molecule has 0 amide bonds. The molecular formula is C13H22N4. The Morgan fingerprint density at radius 1 is 1.47 bits per heavy atom. The zero-order valence-electron chi connectivity index (χ0n) is 10.7. The van der Waals surface area contributed by atoms with Crippen LogP contribution in [0.25, 0.3) is 0 Å². The fraction of sp³-hybridized carbons (Fsp3) is 0.538. The van der Waals surface area contributed by atoms with Gasteiger partial charge in [0.1, 0.15) is 0 Å². The van der Waals surface area contributed by atoms with Crippen molar-refractivity contribution in [2.75, 3.05) is 0 Å². The molecular weight excluding hydrogens is 212 g/mol. The minimum atomic E-state index is 0.199. The number of rotatable bonds is 6. The highest BCUT2D eigenvalue weighted by Crippen LogP contribution is 2.30. The van der Waals surface area contributed by atoms with Gasteiger partial charge in [-0.2, -0.15) is 5.10 Å². The van der Waals surface area contributed by atoms with E-state index in [9.17, 15) is 0 Å². The van der Waals surface area contributed by atoms with Crippen molar-refractivity contribution >= 4 is 12.9 Å². The van der Waals surface area contributed by atoms with Crippen LogP contribution in [0, 0.1) is 5.92 Å². The third-order valence-corrected chi connectivity index (χ3v) is 3.25. The van der Waals surface area contributed by atoms with Crippen LogP contribution in [-0.2, 0) is 0 Å². The first-order valence-corrected chi connectivity index (χ1v) is 6.03. The highest BCUT2D eigenvalue weighted by molar-refractivity contribution is 5.71. The molecule has 0 saturated heterocycles. The SMILES string of the molecule is C=NN/C=C\C=NC(C)C(C)C(N)=C1CCC1. The summed E-state index contributed by atoms with van der Waals surface area (Å²) in [6.45, 7) is 7.52. The van der Waals surface area contributed by atoms with E-state index < -0.39 is 0 Å². The fourth-order valence-electron chi connectivity index (χ4n) is 1.68. The average molecular weight is 234 g/mol. The number of nitrogens with zero attached hydrogens (tertiary/aromatic N) is 2. The van der Waals surface area contributed by atoms with Crippen LogP contribution in [0.2, 0.25) is 0 Å². The second-order valence-corrected chi connectivity index (χ2v) is 4.39. The van der Waals surface area contributed by atoms with E-state index in [1.54, 1.807) is 18.5 Å². The van der Waals surface area contributed by atoms with E-state index in [0.717, 1.165) is 5.70 Å². The maximum Gasteiger partial charge on any atom is 0.0551 e. The van der Waals surface area contributed by atoms with E-state index >= 15 is 0 Å². The average Bonchev–Trinajstić information content (AvgIpc) is 2.25. The summed E-state index contributed by atoms with van der Waals surface area (Å²) in [5.41, 5.74) is 11.2. The van der Waals surface area contributed by atoms with Gasteiger partial charge in [0.2, 0.25) is 0 Å². The van der Waals surface area contributed by atoms with Gasteiger partial charge in [0.25, 0.3) is 0 Å². The Bertz CT molecular complexity index is 335. The molecule has 0 aromatic carbocycles. The van der Waals surface area contributed by atoms with Crippen LogP contribution in [0.1, 0.15) is 33.1 Å². The summed E-state index contributed by atoms with van der Waals surface area (Å²) in [5.74, 6) is 0.306. The first-order chi connectivity index (χ1) is 8.16. The van der Waals surface area contributed by atoms with Gasteiger partial charge >= 0.3 is 0 Å². The monoisotopic (exact) mass is 234 g/mol. The number of nitrogens with one attached hydrogen (secondary N) is 1. The Labute approximate surface area is 103 Å². The lowest BCUT2D eigenvalue weighted by molar-refractivity contribution is 0.523. The summed E-state index contributed by atoms with van der Waals surface area (Å²) in [5, 5.41) is 3.48. The molecule has 94 valence electrons. The molecule has 0 aromatic heterocycles. The molecule has 1 aliphatic rings. The number of hydrogen-bond donors (Lipinski definition) is 2. The van der Waals surface area contributed by atoms with E-state index in [2.05, 4.69) is 36.1 Å². The lowest BCUT2D eigenvalue weighted by atomic mass is 9.85. The van der Waals surface area contributed by atoms with Crippen LogP contribution in [0.3, 0.4) is 0 Å². The first-order valence-electron chi connectivity index (χ1n) is 6.03. The quantitative estimate of drug-likeness (QED) is 0.546. The maximum absolute atomic E-state index is 6.13. The topological polar surface area (TPSA) is 62.8 Å². The Morgan fingerprint density at radius 3 is 2.71 bits per heavy atom. The Hall–Kier alpha value is -1.58. The molecule has 0 spiro atoms. The smallest absolute Gasteiger partial charge is 0.0551 e. The van der Waals surface area contributed by atoms with E-state index in [0.29, 0.717) is 5.92 Å². The van der Waals surface area contributed by atoms with Crippen LogP contribution >= 0.6 is 0 Å². The Kier molecular flexibility index (Phi) is 5.46. The lowest BCUT2D eigenvalue weighted by Gasteiger charge is -2.25. The molecule has 1 aliphatic carbocycles. The van der Waals surface area contributed by atoms with Gasteiger partial charge in [-0.05, 0) is 32.3 Å². The number of aliphatic imine (C=N–C) groups is 1. The predicted octanol–water partition coefficient (Wildman–Crippen LogP) is 2.20. The number of nitrogens with two attached hydrogens (primary N) is 1. The van der Waals surface area contributed by atoms with Gasteiger partial charge in [0.15, 0.2) is 0 Å². The predicted molar refractivity (Wildman–Crippen MR) is 74.0 cm³/mol. The summed E-state index contributed by atoms with van der Waals surface area (Å²) in [6, 6.07) is 0.199.